The number of carbonyl (C=O) groups excluding carboxylic acids is 1. The molecule has 0 aliphatic rings. The van der Waals surface area contributed by atoms with Gasteiger partial charge in [0.05, 0.1) is 6.61 Å². The van der Waals surface area contributed by atoms with E-state index in [1.54, 1.807) is 13.8 Å². The molecule has 3 nitrogen and oxygen atoms in total. The van der Waals surface area contributed by atoms with Crippen molar-refractivity contribution in [2.75, 3.05) is 27.7 Å². The normalized spacial score (nSPS) is 7.85. The third-order valence-electron chi connectivity index (χ3n) is 0.624. The molecule has 0 bridgehead atoms. The largest absolute Gasteiger partial charge is 0.463 e. The molecule has 0 saturated carbocycles. The van der Waals surface area contributed by atoms with Gasteiger partial charge in [0.1, 0.15) is 0 Å². The lowest BCUT2D eigenvalue weighted by Gasteiger charge is -1.96. The summed E-state index contributed by atoms with van der Waals surface area (Å²) in [5.74, 6) is -0.312. The highest BCUT2D eigenvalue weighted by Crippen LogP contribution is 1.89. The number of ether oxygens (including phenoxy) is 1. The summed E-state index contributed by atoms with van der Waals surface area (Å²) in [5, 5.41) is 0. The van der Waals surface area contributed by atoms with E-state index in [9.17, 15) is 4.79 Å². The van der Waals surface area contributed by atoms with Crippen LogP contribution in [0, 0.1) is 0 Å². The Morgan fingerprint density at radius 1 is 1.38 bits per heavy atom. The molecule has 0 spiro atoms. The zero-order valence-electron chi connectivity index (χ0n) is 9.09. The van der Waals surface area contributed by atoms with Crippen LogP contribution < -0.4 is 0 Å². The molecule has 0 heterocycles. The molecule has 0 aromatic heterocycles. The molecule has 0 radical (unpaired) electrons. The van der Waals surface area contributed by atoms with Crippen LogP contribution in [0.5, 0.6) is 0 Å². The van der Waals surface area contributed by atoms with Crippen LogP contribution in [0.25, 0.3) is 0 Å². The molecule has 80 valence electrons. The van der Waals surface area contributed by atoms with Gasteiger partial charge < -0.3 is 9.64 Å². The van der Waals surface area contributed by atoms with Crippen molar-refractivity contribution in [2.45, 2.75) is 13.8 Å². The Hall–Kier alpha value is -0.900. The van der Waals surface area contributed by atoms with E-state index >= 15 is 0 Å². The summed E-state index contributed by atoms with van der Waals surface area (Å²) in [6.07, 6.45) is 0. The average Bonchev–Trinajstić information content (AvgIpc) is 1.86. The lowest BCUT2D eigenvalue weighted by Crippen LogP contribution is -2.03. The molecule has 0 aliphatic carbocycles. The van der Waals surface area contributed by atoms with E-state index < -0.39 is 0 Å². The molecule has 0 fully saturated rings. The predicted octanol–water partition coefficient (Wildman–Crippen LogP) is 1.46. The number of hydrogen-bond acceptors (Lipinski definition) is 3. The van der Waals surface area contributed by atoms with Gasteiger partial charge >= 0.3 is 5.97 Å². The van der Waals surface area contributed by atoms with Crippen LogP contribution in [-0.4, -0.2) is 38.6 Å². The third-order valence-corrected chi connectivity index (χ3v) is 0.624. The van der Waals surface area contributed by atoms with Gasteiger partial charge in [0.15, 0.2) is 0 Å². The summed E-state index contributed by atoms with van der Waals surface area (Å²) < 4.78 is 4.56. The van der Waals surface area contributed by atoms with E-state index in [1.165, 1.54) is 0 Å². The maximum absolute atomic E-state index is 10.4. The molecule has 4 heteroatoms. The maximum Gasteiger partial charge on any atom is 0.333 e. The van der Waals surface area contributed by atoms with Crippen LogP contribution in [0.1, 0.15) is 13.8 Å². The quantitative estimate of drug-likeness (QED) is 0.491. The second kappa shape index (κ2) is 11.1. The summed E-state index contributed by atoms with van der Waals surface area (Å²) in [6.45, 7) is 7.21. The SMILES string of the molecule is C=C(C)C(=O)OCC.CN(C)C.F. The number of esters is 1. The molecule has 0 atom stereocenters. The Morgan fingerprint density at radius 3 is 1.77 bits per heavy atom. The fourth-order valence-electron chi connectivity index (χ4n) is 0.254. The minimum atomic E-state index is -0.312. The molecule has 0 rings (SSSR count). The van der Waals surface area contributed by atoms with Crippen LogP contribution in [0.15, 0.2) is 12.2 Å². The van der Waals surface area contributed by atoms with Crippen molar-refractivity contribution in [3.05, 3.63) is 12.2 Å². The first kappa shape index (κ1) is 18.0. The van der Waals surface area contributed by atoms with Crippen LogP contribution in [0.3, 0.4) is 0 Å². The molecule has 13 heavy (non-hydrogen) atoms. The van der Waals surface area contributed by atoms with E-state index in [4.69, 9.17) is 0 Å². The van der Waals surface area contributed by atoms with Crippen molar-refractivity contribution >= 4 is 5.97 Å². The van der Waals surface area contributed by atoms with Gasteiger partial charge in [0, 0.05) is 5.57 Å². The monoisotopic (exact) mass is 193 g/mol. The molecule has 0 saturated heterocycles. The second-order valence-electron chi connectivity index (χ2n) is 2.84. The van der Waals surface area contributed by atoms with E-state index in [2.05, 4.69) is 11.3 Å². The number of hydrogen-bond donors (Lipinski definition) is 0. The maximum atomic E-state index is 10.4. The zero-order valence-corrected chi connectivity index (χ0v) is 9.09. The number of nitrogens with zero attached hydrogens (tertiary/aromatic N) is 1. The van der Waals surface area contributed by atoms with Crippen molar-refractivity contribution in [2.24, 2.45) is 0 Å². The van der Waals surface area contributed by atoms with Crippen molar-refractivity contribution in [3.8, 4) is 0 Å². The Balaban J connectivity index is -0.000000173. The molecule has 0 aliphatic heterocycles. The Bertz CT molecular complexity index is 144. The van der Waals surface area contributed by atoms with E-state index in [0.717, 1.165) is 0 Å². The van der Waals surface area contributed by atoms with Crippen molar-refractivity contribution in [1.82, 2.24) is 4.90 Å². The van der Waals surface area contributed by atoms with Gasteiger partial charge in [-0.2, -0.15) is 0 Å². The number of carbonyl (C=O) groups is 1. The van der Waals surface area contributed by atoms with E-state index in [0.29, 0.717) is 12.2 Å². The Morgan fingerprint density at radius 2 is 1.69 bits per heavy atom. The minimum absolute atomic E-state index is 0. The zero-order chi connectivity index (χ0) is 10.1. The molecule has 0 N–H and O–H groups in total. The first-order valence-corrected chi connectivity index (χ1v) is 3.85. The highest BCUT2D eigenvalue weighted by atomic mass is 19.0. The van der Waals surface area contributed by atoms with Crippen molar-refractivity contribution in [1.29, 1.82) is 0 Å². The molecule has 0 unspecified atom stereocenters. The predicted molar refractivity (Wildman–Crippen MR) is 53.6 cm³/mol. The highest BCUT2D eigenvalue weighted by molar-refractivity contribution is 5.86. The third kappa shape index (κ3) is 24.7. The second-order valence-corrected chi connectivity index (χ2v) is 2.84. The van der Waals surface area contributed by atoms with Crippen LogP contribution in [-0.2, 0) is 9.53 Å². The summed E-state index contributed by atoms with van der Waals surface area (Å²) in [4.78, 5) is 12.4. The molecular formula is C9H20FNO2. The van der Waals surface area contributed by atoms with Crippen LogP contribution in [0.2, 0.25) is 0 Å². The van der Waals surface area contributed by atoms with Crippen LogP contribution in [0.4, 0.5) is 4.70 Å². The standard InChI is InChI=1S/C6H10O2.C3H9N.FH/c1-4-8-6(7)5(2)3;1-4(2)3;/h2,4H2,1,3H3;1-3H3;1H. The van der Waals surface area contributed by atoms with Crippen molar-refractivity contribution in [3.63, 3.8) is 0 Å². The highest BCUT2D eigenvalue weighted by Gasteiger charge is 1.98. The Labute approximate surface area is 79.7 Å². The summed E-state index contributed by atoms with van der Waals surface area (Å²) in [5.41, 5.74) is 0.451. The van der Waals surface area contributed by atoms with Gasteiger partial charge in [0.2, 0.25) is 0 Å². The smallest absolute Gasteiger partial charge is 0.333 e. The molecule has 0 aromatic rings. The first-order chi connectivity index (χ1) is 5.41. The topological polar surface area (TPSA) is 29.5 Å². The summed E-state index contributed by atoms with van der Waals surface area (Å²) >= 11 is 0. The molecule has 0 aromatic carbocycles. The molecular weight excluding hydrogens is 173 g/mol. The van der Waals surface area contributed by atoms with Gasteiger partial charge in [-0.05, 0) is 35.0 Å². The van der Waals surface area contributed by atoms with Gasteiger partial charge in [0.25, 0.3) is 0 Å². The lowest BCUT2D eigenvalue weighted by atomic mass is 10.4. The minimum Gasteiger partial charge on any atom is -0.463 e. The Kier molecular flexibility index (Phi) is 15.4. The molecule has 0 amide bonds. The van der Waals surface area contributed by atoms with Crippen LogP contribution >= 0.6 is 0 Å². The first-order valence-electron chi connectivity index (χ1n) is 3.85. The van der Waals surface area contributed by atoms with E-state index in [1.807, 2.05) is 26.0 Å². The summed E-state index contributed by atoms with van der Waals surface area (Å²) in [7, 11) is 6.00. The van der Waals surface area contributed by atoms with Gasteiger partial charge in [-0.25, -0.2) is 4.79 Å². The van der Waals surface area contributed by atoms with Crippen molar-refractivity contribution < 1.29 is 14.2 Å². The average molecular weight is 193 g/mol. The fraction of sp³-hybridized carbons (Fsp3) is 0.667. The van der Waals surface area contributed by atoms with Gasteiger partial charge in [-0.3, -0.25) is 4.70 Å². The van der Waals surface area contributed by atoms with Gasteiger partial charge in [-0.1, -0.05) is 6.58 Å². The van der Waals surface area contributed by atoms with E-state index in [-0.39, 0.29) is 10.7 Å². The summed E-state index contributed by atoms with van der Waals surface area (Å²) in [6, 6.07) is 0. The number of rotatable bonds is 2. The fourth-order valence-corrected chi connectivity index (χ4v) is 0.254. The number of halogens is 1. The van der Waals surface area contributed by atoms with Gasteiger partial charge in [-0.15, -0.1) is 0 Å². The lowest BCUT2D eigenvalue weighted by molar-refractivity contribution is -0.138.